The van der Waals surface area contributed by atoms with E-state index in [0.29, 0.717) is 13.1 Å². The summed E-state index contributed by atoms with van der Waals surface area (Å²) in [5.41, 5.74) is 0.0774. The van der Waals surface area contributed by atoms with Gasteiger partial charge in [0.05, 0.1) is 13.5 Å². The quantitative estimate of drug-likeness (QED) is 0.721. The lowest BCUT2D eigenvalue weighted by molar-refractivity contribution is -0.144. The van der Waals surface area contributed by atoms with Crippen molar-refractivity contribution in [2.45, 2.75) is 52.9 Å². The van der Waals surface area contributed by atoms with Crippen LogP contribution < -0.4 is 0 Å². The normalized spacial score (nSPS) is 21.8. The largest absolute Gasteiger partial charge is 0.469 e. The molecule has 0 aromatic heterocycles. The Hall–Kier alpha value is -1.06. The molecule has 0 aromatic carbocycles. The molecule has 0 aliphatic heterocycles. The van der Waals surface area contributed by atoms with Gasteiger partial charge in [0, 0.05) is 19.0 Å². The highest BCUT2D eigenvalue weighted by atomic mass is 16.5. The van der Waals surface area contributed by atoms with Gasteiger partial charge in [-0.1, -0.05) is 26.7 Å². The zero-order valence-corrected chi connectivity index (χ0v) is 12.7. The SMILES string of the molecule is CCN(CCC(=O)OC)C(=O)C1CCCCC1(C)C. The monoisotopic (exact) mass is 269 g/mol. The van der Waals surface area contributed by atoms with Gasteiger partial charge in [0.15, 0.2) is 0 Å². The molecule has 1 amide bonds. The third-order valence-corrected chi connectivity index (χ3v) is 4.31. The van der Waals surface area contributed by atoms with Gasteiger partial charge in [-0.3, -0.25) is 9.59 Å². The van der Waals surface area contributed by atoms with Crippen LogP contribution in [0.15, 0.2) is 0 Å². The summed E-state index contributed by atoms with van der Waals surface area (Å²) < 4.78 is 4.63. The first-order valence-electron chi connectivity index (χ1n) is 7.28. The van der Waals surface area contributed by atoms with Crippen molar-refractivity contribution in [3.8, 4) is 0 Å². The minimum absolute atomic E-state index is 0.0774. The Balaban J connectivity index is 2.64. The van der Waals surface area contributed by atoms with Crippen molar-refractivity contribution in [3.05, 3.63) is 0 Å². The van der Waals surface area contributed by atoms with Crippen LogP contribution in [-0.2, 0) is 14.3 Å². The van der Waals surface area contributed by atoms with Crippen LogP contribution in [0.4, 0.5) is 0 Å². The molecule has 0 radical (unpaired) electrons. The number of rotatable bonds is 5. The molecule has 1 saturated carbocycles. The maximum atomic E-state index is 12.6. The van der Waals surface area contributed by atoms with Gasteiger partial charge in [-0.2, -0.15) is 0 Å². The molecule has 1 aliphatic rings. The number of hydrogen-bond donors (Lipinski definition) is 0. The predicted octanol–water partition coefficient (Wildman–Crippen LogP) is 2.61. The van der Waals surface area contributed by atoms with Crippen molar-refractivity contribution in [2.75, 3.05) is 20.2 Å². The zero-order chi connectivity index (χ0) is 14.5. The number of carbonyl (C=O) groups excluding carboxylic acids is 2. The Morgan fingerprint density at radius 2 is 2.00 bits per heavy atom. The molecule has 19 heavy (non-hydrogen) atoms. The Morgan fingerprint density at radius 1 is 1.32 bits per heavy atom. The predicted molar refractivity (Wildman–Crippen MR) is 74.6 cm³/mol. The number of carbonyl (C=O) groups is 2. The Kier molecular flexibility index (Phi) is 5.83. The molecule has 1 aliphatic carbocycles. The topological polar surface area (TPSA) is 46.6 Å². The van der Waals surface area contributed by atoms with Gasteiger partial charge in [-0.15, -0.1) is 0 Å². The van der Waals surface area contributed by atoms with E-state index in [9.17, 15) is 9.59 Å². The van der Waals surface area contributed by atoms with E-state index in [0.717, 1.165) is 19.3 Å². The molecule has 4 nitrogen and oxygen atoms in total. The highest BCUT2D eigenvalue weighted by molar-refractivity contribution is 5.80. The minimum atomic E-state index is -0.255. The summed E-state index contributed by atoms with van der Waals surface area (Å²) in [4.78, 5) is 25.6. The molecule has 1 rings (SSSR count). The van der Waals surface area contributed by atoms with Crippen molar-refractivity contribution in [1.82, 2.24) is 4.90 Å². The second kappa shape index (κ2) is 6.92. The van der Waals surface area contributed by atoms with Crippen LogP contribution in [0.1, 0.15) is 52.9 Å². The maximum absolute atomic E-state index is 12.6. The fourth-order valence-electron chi connectivity index (χ4n) is 2.92. The van der Waals surface area contributed by atoms with Crippen LogP contribution in [0.25, 0.3) is 0 Å². The lowest BCUT2D eigenvalue weighted by Gasteiger charge is -2.40. The van der Waals surface area contributed by atoms with Gasteiger partial charge in [0.2, 0.25) is 5.91 Å². The molecule has 0 heterocycles. The number of ether oxygens (including phenoxy) is 1. The average Bonchev–Trinajstić information content (AvgIpc) is 2.38. The van der Waals surface area contributed by atoms with E-state index in [-0.39, 0.29) is 29.6 Å². The molecule has 0 bridgehead atoms. The molecule has 0 spiro atoms. The van der Waals surface area contributed by atoms with Gasteiger partial charge in [-0.05, 0) is 25.2 Å². The van der Waals surface area contributed by atoms with Crippen molar-refractivity contribution in [2.24, 2.45) is 11.3 Å². The second-order valence-electron chi connectivity index (χ2n) is 6.03. The summed E-state index contributed by atoms with van der Waals surface area (Å²) in [6.07, 6.45) is 4.71. The third kappa shape index (κ3) is 4.22. The molecule has 0 aromatic rings. The van der Waals surface area contributed by atoms with Crippen molar-refractivity contribution in [3.63, 3.8) is 0 Å². The van der Waals surface area contributed by atoms with E-state index in [1.807, 2.05) is 6.92 Å². The molecular formula is C15H27NO3. The molecule has 110 valence electrons. The Bertz CT molecular complexity index is 325. The average molecular weight is 269 g/mol. The van der Waals surface area contributed by atoms with Crippen LogP contribution in [0, 0.1) is 11.3 Å². The van der Waals surface area contributed by atoms with Crippen LogP contribution in [0.2, 0.25) is 0 Å². The van der Waals surface area contributed by atoms with E-state index in [1.54, 1.807) is 4.90 Å². The third-order valence-electron chi connectivity index (χ3n) is 4.31. The van der Waals surface area contributed by atoms with Crippen molar-refractivity contribution < 1.29 is 14.3 Å². The fraction of sp³-hybridized carbons (Fsp3) is 0.867. The summed E-state index contributed by atoms with van der Waals surface area (Å²) in [5.74, 6) is 0.0455. The number of methoxy groups -OCH3 is 1. The summed E-state index contributed by atoms with van der Waals surface area (Å²) in [7, 11) is 1.38. The highest BCUT2D eigenvalue weighted by Gasteiger charge is 2.38. The van der Waals surface area contributed by atoms with Crippen LogP contribution in [0.5, 0.6) is 0 Å². The van der Waals surface area contributed by atoms with E-state index in [4.69, 9.17) is 0 Å². The van der Waals surface area contributed by atoms with E-state index < -0.39 is 0 Å². The van der Waals surface area contributed by atoms with E-state index in [2.05, 4.69) is 18.6 Å². The van der Waals surface area contributed by atoms with Crippen molar-refractivity contribution in [1.29, 1.82) is 0 Å². The number of esters is 1. The zero-order valence-electron chi connectivity index (χ0n) is 12.7. The molecule has 1 atom stereocenters. The van der Waals surface area contributed by atoms with Gasteiger partial charge in [-0.25, -0.2) is 0 Å². The van der Waals surface area contributed by atoms with Crippen LogP contribution >= 0.6 is 0 Å². The molecule has 4 heteroatoms. The maximum Gasteiger partial charge on any atom is 0.307 e. The highest BCUT2D eigenvalue weighted by Crippen LogP contribution is 2.41. The number of hydrogen-bond acceptors (Lipinski definition) is 3. The first kappa shape index (κ1) is 16.0. The Labute approximate surface area is 116 Å². The van der Waals surface area contributed by atoms with Crippen LogP contribution in [-0.4, -0.2) is 37.0 Å². The van der Waals surface area contributed by atoms with Gasteiger partial charge in [0.1, 0.15) is 0 Å². The molecule has 0 saturated heterocycles. The summed E-state index contributed by atoms with van der Waals surface area (Å²) in [6.45, 7) is 7.45. The molecule has 0 N–H and O–H groups in total. The van der Waals surface area contributed by atoms with E-state index >= 15 is 0 Å². The standard InChI is InChI=1S/C15H27NO3/c1-5-16(11-9-13(17)19-4)14(18)12-8-6-7-10-15(12,2)3/h12H,5-11H2,1-4H3. The lowest BCUT2D eigenvalue weighted by atomic mass is 9.68. The Morgan fingerprint density at radius 3 is 2.53 bits per heavy atom. The number of nitrogens with zero attached hydrogens (tertiary/aromatic N) is 1. The van der Waals surface area contributed by atoms with Crippen LogP contribution in [0.3, 0.4) is 0 Å². The van der Waals surface area contributed by atoms with Gasteiger partial charge < -0.3 is 9.64 Å². The summed E-state index contributed by atoms with van der Waals surface area (Å²) in [6, 6.07) is 0. The minimum Gasteiger partial charge on any atom is -0.469 e. The first-order valence-corrected chi connectivity index (χ1v) is 7.28. The van der Waals surface area contributed by atoms with E-state index in [1.165, 1.54) is 13.5 Å². The molecule has 1 unspecified atom stereocenters. The van der Waals surface area contributed by atoms with Gasteiger partial charge >= 0.3 is 5.97 Å². The van der Waals surface area contributed by atoms with Crippen molar-refractivity contribution >= 4 is 11.9 Å². The first-order chi connectivity index (χ1) is 8.92. The number of amides is 1. The fourth-order valence-corrected chi connectivity index (χ4v) is 2.92. The summed E-state index contributed by atoms with van der Waals surface area (Å²) >= 11 is 0. The molecule has 1 fully saturated rings. The smallest absolute Gasteiger partial charge is 0.307 e. The lowest BCUT2D eigenvalue weighted by Crippen LogP contribution is -2.44. The van der Waals surface area contributed by atoms with Gasteiger partial charge in [0.25, 0.3) is 0 Å². The summed E-state index contributed by atoms with van der Waals surface area (Å²) in [5, 5.41) is 0. The molecular weight excluding hydrogens is 242 g/mol. The second-order valence-corrected chi connectivity index (χ2v) is 6.03.